The minimum Gasteiger partial charge on any atom is -0.489 e. The van der Waals surface area contributed by atoms with E-state index in [9.17, 15) is 4.79 Å². The Hall–Kier alpha value is -4.49. The third-order valence-corrected chi connectivity index (χ3v) is 5.94. The molecule has 36 heavy (non-hydrogen) atoms. The highest BCUT2D eigenvalue weighted by Crippen LogP contribution is 2.26. The Kier molecular flexibility index (Phi) is 6.73. The van der Waals surface area contributed by atoms with Gasteiger partial charge in [0.15, 0.2) is 5.11 Å². The number of nitrogens with zero attached hydrogens (tertiary/aromatic N) is 1. The van der Waals surface area contributed by atoms with Crippen LogP contribution in [0.2, 0.25) is 0 Å². The lowest BCUT2D eigenvalue weighted by Gasteiger charge is -2.12. The summed E-state index contributed by atoms with van der Waals surface area (Å²) in [7, 11) is 0. The zero-order valence-corrected chi connectivity index (χ0v) is 20.4. The SMILES string of the molecule is Cc1ccc(NC(=S)NC(=O)c2ccc(OCc3ccccc3)cc2)cc1-c1nc2ccccc2[nH]1. The maximum atomic E-state index is 12.7. The van der Waals surface area contributed by atoms with Gasteiger partial charge in [-0.1, -0.05) is 48.5 Å². The van der Waals surface area contributed by atoms with Gasteiger partial charge < -0.3 is 15.0 Å². The molecule has 0 radical (unpaired) electrons. The molecule has 0 saturated carbocycles. The number of thiocarbonyl (C=S) groups is 1. The fourth-order valence-electron chi connectivity index (χ4n) is 3.82. The predicted molar refractivity (Wildman–Crippen MR) is 147 cm³/mol. The van der Waals surface area contributed by atoms with Crippen LogP contribution in [0.15, 0.2) is 97.1 Å². The molecule has 0 unspecified atom stereocenters. The van der Waals surface area contributed by atoms with Crippen molar-refractivity contribution in [3.8, 4) is 17.1 Å². The molecule has 6 nitrogen and oxygen atoms in total. The van der Waals surface area contributed by atoms with Gasteiger partial charge in [0, 0.05) is 16.8 Å². The van der Waals surface area contributed by atoms with Gasteiger partial charge in [-0.05, 0) is 78.8 Å². The largest absolute Gasteiger partial charge is 0.489 e. The molecule has 1 aromatic heterocycles. The Morgan fingerprint density at radius 1 is 0.944 bits per heavy atom. The Morgan fingerprint density at radius 2 is 1.69 bits per heavy atom. The highest BCUT2D eigenvalue weighted by molar-refractivity contribution is 7.80. The molecule has 0 aliphatic heterocycles. The molecule has 5 rings (SSSR count). The van der Waals surface area contributed by atoms with Crippen LogP contribution in [-0.2, 0) is 6.61 Å². The number of aromatic amines is 1. The number of nitrogens with one attached hydrogen (secondary N) is 3. The van der Waals surface area contributed by atoms with Crippen molar-refractivity contribution in [2.75, 3.05) is 5.32 Å². The second-order valence-corrected chi connectivity index (χ2v) is 8.75. The molecule has 7 heteroatoms. The zero-order chi connectivity index (χ0) is 24.9. The van der Waals surface area contributed by atoms with Crippen LogP contribution in [-0.4, -0.2) is 21.0 Å². The number of rotatable bonds is 6. The van der Waals surface area contributed by atoms with Gasteiger partial charge in [-0.25, -0.2) is 4.98 Å². The number of amides is 1. The lowest BCUT2D eigenvalue weighted by molar-refractivity contribution is 0.0977. The normalized spacial score (nSPS) is 10.7. The van der Waals surface area contributed by atoms with E-state index in [1.807, 2.05) is 79.7 Å². The van der Waals surface area contributed by atoms with Crippen molar-refractivity contribution in [3.05, 3.63) is 114 Å². The number of aromatic nitrogens is 2. The molecule has 0 atom stereocenters. The zero-order valence-electron chi connectivity index (χ0n) is 19.6. The number of benzene rings is 4. The van der Waals surface area contributed by atoms with Gasteiger partial charge in [0.25, 0.3) is 5.91 Å². The topological polar surface area (TPSA) is 79.0 Å². The van der Waals surface area contributed by atoms with Crippen LogP contribution in [0.1, 0.15) is 21.5 Å². The third kappa shape index (κ3) is 5.42. The Balaban J connectivity index is 1.21. The van der Waals surface area contributed by atoms with Crippen molar-refractivity contribution in [3.63, 3.8) is 0 Å². The molecule has 1 amide bonds. The van der Waals surface area contributed by atoms with Crippen molar-refractivity contribution in [2.24, 2.45) is 0 Å². The first-order valence-electron chi connectivity index (χ1n) is 11.5. The predicted octanol–water partition coefficient (Wildman–Crippen LogP) is 6.24. The molecule has 0 aliphatic rings. The van der Waals surface area contributed by atoms with Gasteiger partial charge in [0.2, 0.25) is 0 Å². The van der Waals surface area contributed by atoms with E-state index in [0.29, 0.717) is 17.9 Å². The molecule has 0 fully saturated rings. The number of fused-ring (bicyclic) bond motifs is 1. The highest BCUT2D eigenvalue weighted by Gasteiger charge is 2.12. The van der Waals surface area contributed by atoms with Gasteiger partial charge in [-0.2, -0.15) is 0 Å². The van der Waals surface area contributed by atoms with E-state index in [2.05, 4.69) is 15.6 Å². The van der Waals surface area contributed by atoms with Crippen LogP contribution >= 0.6 is 12.2 Å². The number of hydrogen-bond acceptors (Lipinski definition) is 4. The van der Waals surface area contributed by atoms with E-state index < -0.39 is 0 Å². The minimum absolute atomic E-state index is 0.212. The van der Waals surface area contributed by atoms with Crippen LogP contribution in [0, 0.1) is 6.92 Å². The molecule has 4 aromatic carbocycles. The highest BCUT2D eigenvalue weighted by atomic mass is 32.1. The lowest BCUT2D eigenvalue weighted by atomic mass is 10.1. The first-order valence-corrected chi connectivity index (χ1v) is 11.9. The molecule has 0 saturated heterocycles. The smallest absolute Gasteiger partial charge is 0.257 e. The van der Waals surface area contributed by atoms with Crippen molar-refractivity contribution < 1.29 is 9.53 Å². The number of ether oxygens (including phenoxy) is 1. The van der Waals surface area contributed by atoms with E-state index in [0.717, 1.165) is 39.2 Å². The number of H-pyrrole nitrogens is 1. The van der Waals surface area contributed by atoms with Crippen LogP contribution in [0.4, 0.5) is 5.69 Å². The Labute approximate surface area is 214 Å². The van der Waals surface area contributed by atoms with Crippen molar-refractivity contribution in [2.45, 2.75) is 13.5 Å². The van der Waals surface area contributed by atoms with E-state index in [1.165, 1.54) is 0 Å². The molecule has 5 aromatic rings. The molecule has 0 aliphatic carbocycles. The van der Waals surface area contributed by atoms with E-state index in [4.69, 9.17) is 21.9 Å². The number of carbonyl (C=O) groups is 1. The van der Waals surface area contributed by atoms with Gasteiger partial charge in [-0.3, -0.25) is 10.1 Å². The number of para-hydroxylation sites is 2. The lowest BCUT2D eigenvalue weighted by Crippen LogP contribution is -2.34. The summed E-state index contributed by atoms with van der Waals surface area (Å²) in [6.45, 7) is 2.49. The molecular weight excluding hydrogens is 468 g/mol. The average Bonchev–Trinajstić information content (AvgIpc) is 3.33. The number of imidazole rings is 1. The van der Waals surface area contributed by atoms with Crippen molar-refractivity contribution in [1.29, 1.82) is 0 Å². The summed E-state index contributed by atoms with van der Waals surface area (Å²) in [6.07, 6.45) is 0. The number of hydrogen-bond donors (Lipinski definition) is 3. The first-order chi connectivity index (χ1) is 17.5. The van der Waals surface area contributed by atoms with Crippen LogP contribution in [0.25, 0.3) is 22.4 Å². The standard InChI is InChI=1S/C29H24N4O2S/c1-19-11-14-22(17-24(19)27-31-25-9-5-6-10-26(25)32-27)30-29(36)33-28(34)21-12-15-23(16-13-21)35-18-20-7-3-2-4-8-20/h2-17H,18H2,1H3,(H,31,32)(H2,30,33,34,36). The summed E-state index contributed by atoms with van der Waals surface area (Å²) in [5.41, 5.74) is 6.23. The summed E-state index contributed by atoms with van der Waals surface area (Å²) in [6, 6.07) is 30.7. The summed E-state index contributed by atoms with van der Waals surface area (Å²) in [5.74, 6) is 1.17. The quantitative estimate of drug-likeness (QED) is 0.244. The minimum atomic E-state index is -0.299. The molecule has 1 heterocycles. The maximum absolute atomic E-state index is 12.7. The summed E-state index contributed by atoms with van der Waals surface area (Å²) in [5, 5.41) is 6.04. The summed E-state index contributed by atoms with van der Waals surface area (Å²) in [4.78, 5) is 20.7. The molecular formula is C29H24N4O2S. The average molecular weight is 493 g/mol. The molecule has 3 N–H and O–H groups in total. The molecule has 0 bridgehead atoms. The van der Waals surface area contributed by atoms with Gasteiger partial charge in [0.1, 0.15) is 18.2 Å². The van der Waals surface area contributed by atoms with E-state index in [-0.39, 0.29) is 11.0 Å². The van der Waals surface area contributed by atoms with E-state index in [1.54, 1.807) is 24.3 Å². The fourth-order valence-corrected chi connectivity index (χ4v) is 4.03. The van der Waals surface area contributed by atoms with Gasteiger partial charge in [-0.15, -0.1) is 0 Å². The first kappa shape index (κ1) is 23.3. The van der Waals surface area contributed by atoms with Crippen molar-refractivity contribution in [1.82, 2.24) is 15.3 Å². The monoisotopic (exact) mass is 492 g/mol. The number of anilines is 1. The molecule has 0 spiro atoms. The van der Waals surface area contributed by atoms with Crippen molar-refractivity contribution >= 4 is 40.0 Å². The second-order valence-electron chi connectivity index (χ2n) is 8.34. The van der Waals surface area contributed by atoms with Crippen LogP contribution in [0.3, 0.4) is 0 Å². The van der Waals surface area contributed by atoms with Crippen LogP contribution in [0.5, 0.6) is 5.75 Å². The van der Waals surface area contributed by atoms with Gasteiger partial charge in [0.05, 0.1) is 11.0 Å². The second kappa shape index (κ2) is 10.4. The summed E-state index contributed by atoms with van der Waals surface area (Å²) >= 11 is 5.39. The molecule has 178 valence electrons. The summed E-state index contributed by atoms with van der Waals surface area (Å²) < 4.78 is 5.79. The van der Waals surface area contributed by atoms with Gasteiger partial charge >= 0.3 is 0 Å². The Morgan fingerprint density at radius 3 is 2.47 bits per heavy atom. The third-order valence-electron chi connectivity index (χ3n) is 5.73. The fraction of sp³-hybridized carbons (Fsp3) is 0.0690. The van der Waals surface area contributed by atoms with E-state index >= 15 is 0 Å². The maximum Gasteiger partial charge on any atom is 0.257 e. The van der Waals surface area contributed by atoms with Crippen LogP contribution < -0.4 is 15.4 Å². The number of carbonyl (C=O) groups excluding carboxylic acids is 1. The number of aryl methyl sites for hydroxylation is 1. The Bertz CT molecular complexity index is 1500.